The van der Waals surface area contributed by atoms with E-state index in [1.807, 2.05) is 27.7 Å². The quantitative estimate of drug-likeness (QED) is 0.0252. The van der Waals surface area contributed by atoms with Crippen molar-refractivity contribution in [1.82, 2.24) is 5.43 Å². The van der Waals surface area contributed by atoms with Crippen LogP contribution in [0.4, 0.5) is 0 Å². The molecule has 0 spiro atoms. The number of ketones is 1. The van der Waals surface area contributed by atoms with E-state index in [1.165, 1.54) is 32.6 Å². The molecule has 4 rings (SSSR count). The number of unbranched alkanes of at least 4 members (excludes halogenated alkanes) is 1. The Hall–Kier alpha value is -5.37. The molecule has 6 N–H and O–H groups in total. The summed E-state index contributed by atoms with van der Waals surface area (Å²) >= 11 is 0. The molecule has 0 aliphatic rings. The van der Waals surface area contributed by atoms with E-state index in [4.69, 9.17) is 24.0 Å². The summed E-state index contributed by atoms with van der Waals surface area (Å²) in [4.78, 5) is 40.7. The highest BCUT2D eigenvalue weighted by Crippen LogP contribution is 2.43. The van der Waals surface area contributed by atoms with Crippen LogP contribution in [0, 0.1) is 24.0 Å². The Bertz CT molecular complexity index is 1640. The molecule has 242 valence electrons. The Morgan fingerprint density at radius 3 is 2.47 bits per heavy atom. The number of esters is 1. The van der Waals surface area contributed by atoms with Crippen LogP contribution in [0.2, 0.25) is 0 Å². The molecule has 0 unspecified atom stereocenters. The zero-order chi connectivity index (χ0) is 33.7. The maximum atomic E-state index is 13.9. The van der Waals surface area contributed by atoms with Crippen LogP contribution in [0.3, 0.4) is 0 Å². The van der Waals surface area contributed by atoms with Gasteiger partial charge >= 0.3 is 5.97 Å². The van der Waals surface area contributed by atoms with E-state index in [-0.39, 0.29) is 58.9 Å². The number of nitrogens with zero attached hydrogens (tertiary/aromatic N) is 2. The molecule has 0 saturated heterocycles. The van der Waals surface area contributed by atoms with Gasteiger partial charge in [-0.15, -0.1) is 0 Å². The lowest BCUT2D eigenvalue weighted by molar-refractivity contribution is -0.525. The highest BCUT2D eigenvalue weighted by atomic mass is 16.7. The van der Waals surface area contributed by atoms with Crippen molar-refractivity contribution in [3.05, 3.63) is 75.0 Å². The maximum absolute atomic E-state index is 13.9. The summed E-state index contributed by atoms with van der Waals surface area (Å²) in [6.07, 6.45) is 2.11. The van der Waals surface area contributed by atoms with Gasteiger partial charge in [0.25, 0.3) is 5.96 Å². The number of nitrogens with two attached hydrogens (primary N) is 2. The average molecular weight is 626 g/mol. The number of nitrogens with one attached hydrogen (secondary N) is 1. The Labute approximate surface area is 260 Å². The van der Waals surface area contributed by atoms with Gasteiger partial charge in [0, 0.05) is 23.9 Å². The summed E-state index contributed by atoms with van der Waals surface area (Å²) in [5.41, 5.74) is 13.8. The minimum Gasteiger partial charge on any atom is -0.504 e. The first-order valence-corrected chi connectivity index (χ1v) is 14.1. The first-order valence-electron chi connectivity index (χ1n) is 14.1. The van der Waals surface area contributed by atoms with Gasteiger partial charge in [-0.1, -0.05) is 19.3 Å². The second kappa shape index (κ2) is 17.1. The molecule has 4 aromatic rings. The number of aryl methyl sites for hydroxylation is 1. The molecule has 0 fully saturated rings. The third-order valence-electron chi connectivity index (χ3n) is 6.36. The number of aromatic hydroxyl groups is 1. The number of aliphatic imine (C=N–C) groups is 1. The summed E-state index contributed by atoms with van der Waals surface area (Å²) in [5.74, 6) is -1.08. The van der Waals surface area contributed by atoms with Gasteiger partial charge < -0.3 is 34.9 Å². The van der Waals surface area contributed by atoms with Crippen LogP contribution in [0.5, 0.6) is 17.2 Å². The molecule has 0 radical (unpaired) electrons. The Morgan fingerprint density at radius 1 is 1.13 bits per heavy atom. The number of nitro groups is 1. The zero-order valence-corrected chi connectivity index (χ0v) is 26.1. The summed E-state index contributed by atoms with van der Waals surface area (Å²) in [6, 6.07) is 9.46. The van der Waals surface area contributed by atoms with E-state index in [2.05, 4.69) is 10.7 Å². The van der Waals surface area contributed by atoms with Gasteiger partial charge in [-0.2, -0.15) is 0 Å². The number of hydrazine groups is 1. The first-order chi connectivity index (χ1) is 21.6. The molecule has 2 heterocycles. The topological polar surface area (TPSA) is 219 Å². The molecule has 0 saturated carbocycles. The molecule has 14 heteroatoms. The van der Waals surface area contributed by atoms with Crippen LogP contribution >= 0.6 is 0 Å². The van der Waals surface area contributed by atoms with E-state index >= 15 is 0 Å². The van der Waals surface area contributed by atoms with Crippen molar-refractivity contribution in [3.63, 3.8) is 0 Å². The van der Waals surface area contributed by atoms with Gasteiger partial charge in [0.2, 0.25) is 5.75 Å². The van der Waals surface area contributed by atoms with Gasteiger partial charge in [0.05, 0.1) is 18.9 Å². The smallest absolute Gasteiger partial charge is 0.311 e. The highest BCUT2D eigenvalue weighted by molar-refractivity contribution is 6.20. The predicted molar refractivity (Wildman–Crippen MR) is 169 cm³/mol. The van der Waals surface area contributed by atoms with Crippen LogP contribution in [-0.2, 0) is 4.79 Å². The number of ether oxygens (including phenoxy) is 2. The number of phenols is 1. The first kappa shape index (κ1) is 35.8. The lowest BCUT2D eigenvalue weighted by atomic mass is 9.96. The standard InChI is InChI=1S/C28H28N4O9.C2H6.CH5N/c1-15-13-17(14-21(38-3)16(15)2)24(35)23-18-9-10-19(33)26(25(18)41-27(23)20-7-6-12-39-20)40-22(34)8-4-5-11-30-28(29)31-32(36)37;2*1-2/h6-7,9-10,12-14,33H,4-5,8,11H2,1-3H3,(H3,29,30,31);1-2H3;2H2,1H3. The van der Waals surface area contributed by atoms with E-state index in [9.17, 15) is 24.8 Å². The predicted octanol–water partition coefficient (Wildman–Crippen LogP) is 5.03. The van der Waals surface area contributed by atoms with Crippen molar-refractivity contribution in [3.8, 4) is 28.8 Å². The van der Waals surface area contributed by atoms with Crippen molar-refractivity contribution >= 4 is 28.7 Å². The Balaban J connectivity index is 0.00000169. The number of guanidine groups is 1. The minimum atomic E-state index is -0.827. The van der Waals surface area contributed by atoms with Crippen molar-refractivity contribution < 1.29 is 38.0 Å². The summed E-state index contributed by atoms with van der Waals surface area (Å²) in [6.45, 7) is 7.92. The SMILES string of the molecule is CC.CN.COc1cc(C(=O)c2c(-c3ccco3)oc3c(OC(=O)CCCCN=C(N)N[N+](=O)[O-])c(O)ccc23)cc(C)c1C. The molecule has 2 aromatic carbocycles. The molecule has 0 aliphatic carbocycles. The van der Waals surface area contributed by atoms with Gasteiger partial charge in [-0.05, 0) is 81.3 Å². The zero-order valence-electron chi connectivity index (χ0n) is 26.1. The van der Waals surface area contributed by atoms with Crippen molar-refractivity contribution in [1.29, 1.82) is 0 Å². The van der Waals surface area contributed by atoms with Crippen LogP contribution < -0.4 is 26.4 Å². The fourth-order valence-electron chi connectivity index (χ4n) is 4.22. The summed E-state index contributed by atoms with van der Waals surface area (Å²) < 4.78 is 22.5. The van der Waals surface area contributed by atoms with Crippen LogP contribution in [0.15, 0.2) is 56.5 Å². The summed E-state index contributed by atoms with van der Waals surface area (Å²) in [5, 5.41) is 20.4. The van der Waals surface area contributed by atoms with Crippen molar-refractivity contribution in [2.75, 3.05) is 20.7 Å². The fraction of sp³-hybridized carbons (Fsp3) is 0.323. The van der Waals surface area contributed by atoms with Gasteiger partial charge in [-0.25, -0.2) is 15.1 Å². The Kier molecular flexibility index (Phi) is 13.6. The molecule has 14 nitrogen and oxygen atoms in total. The van der Waals surface area contributed by atoms with Gasteiger partial charge in [0.15, 0.2) is 33.7 Å². The van der Waals surface area contributed by atoms with Crippen molar-refractivity contribution in [2.45, 2.75) is 47.0 Å². The van der Waals surface area contributed by atoms with Crippen LogP contribution in [0.1, 0.15) is 60.2 Å². The molecule has 0 aliphatic heterocycles. The van der Waals surface area contributed by atoms with Crippen LogP contribution in [0.25, 0.3) is 22.5 Å². The van der Waals surface area contributed by atoms with E-state index in [1.54, 1.807) is 29.7 Å². The number of phenolic OH excluding ortho intramolecular Hbond substituents is 1. The number of benzene rings is 2. The molecular formula is C31H39N5O9. The number of rotatable bonds is 11. The lowest BCUT2D eigenvalue weighted by Gasteiger charge is -2.11. The largest absolute Gasteiger partial charge is 0.504 e. The number of furan rings is 2. The number of carbonyl (C=O) groups is 2. The Morgan fingerprint density at radius 2 is 1.84 bits per heavy atom. The molecule has 0 bridgehead atoms. The highest BCUT2D eigenvalue weighted by Gasteiger charge is 2.29. The lowest BCUT2D eigenvalue weighted by Crippen LogP contribution is -2.36. The second-order valence-corrected chi connectivity index (χ2v) is 9.09. The van der Waals surface area contributed by atoms with Crippen LogP contribution in [-0.4, -0.2) is 48.6 Å². The van der Waals surface area contributed by atoms with E-state index in [0.29, 0.717) is 29.5 Å². The number of methoxy groups -OCH3 is 1. The van der Waals surface area contributed by atoms with E-state index in [0.717, 1.165) is 11.1 Å². The monoisotopic (exact) mass is 625 g/mol. The molecular weight excluding hydrogens is 586 g/mol. The number of carbonyl (C=O) groups excluding carboxylic acids is 2. The molecule has 45 heavy (non-hydrogen) atoms. The third kappa shape index (κ3) is 8.83. The summed E-state index contributed by atoms with van der Waals surface area (Å²) in [7, 11) is 3.02. The van der Waals surface area contributed by atoms with E-state index < -0.39 is 11.0 Å². The molecule has 0 atom stereocenters. The molecule has 2 aromatic heterocycles. The number of hydrogen-bond acceptors (Lipinski definition) is 11. The average Bonchev–Trinajstić information content (AvgIpc) is 3.69. The maximum Gasteiger partial charge on any atom is 0.311 e. The second-order valence-electron chi connectivity index (χ2n) is 9.09. The number of hydrogen-bond donors (Lipinski definition) is 4. The number of fused-ring (bicyclic) bond motifs is 1. The minimum absolute atomic E-state index is 0.00729. The van der Waals surface area contributed by atoms with Gasteiger partial charge in [-0.3, -0.25) is 9.59 Å². The fourth-order valence-corrected chi connectivity index (χ4v) is 4.22. The molecule has 0 amide bonds. The van der Waals surface area contributed by atoms with Crippen molar-refractivity contribution in [2.24, 2.45) is 16.5 Å². The van der Waals surface area contributed by atoms with Gasteiger partial charge in [0.1, 0.15) is 5.75 Å². The normalized spacial score (nSPS) is 10.7. The third-order valence-corrected chi connectivity index (χ3v) is 6.36.